The van der Waals surface area contributed by atoms with Crippen LogP contribution in [-0.4, -0.2) is 41.7 Å². The zero-order chi connectivity index (χ0) is 9.84. The molecule has 0 aromatic rings. The van der Waals surface area contributed by atoms with Crippen molar-refractivity contribution in [1.29, 1.82) is 0 Å². The third-order valence-corrected chi connectivity index (χ3v) is 2.57. The number of carbonyl (C=O) groups excluding carboxylic acids is 1. The van der Waals surface area contributed by atoms with E-state index in [0.29, 0.717) is 13.0 Å². The first-order valence-corrected chi connectivity index (χ1v) is 4.85. The summed E-state index contributed by atoms with van der Waals surface area (Å²) in [5.74, 6) is -0.711. The molecule has 4 heteroatoms. The molecule has 0 aromatic heterocycles. The van der Waals surface area contributed by atoms with Crippen LogP contribution in [0.4, 0.5) is 0 Å². The fourth-order valence-electron chi connectivity index (χ4n) is 1.85. The molecule has 0 aliphatic carbocycles. The molecule has 0 saturated carbocycles. The van der Waals surface area contributed by atoms with Gasteiger partial charge in [-0.05, 0) is 25.9 Å². The van der Waals surface area contributed by atoms with Crippen molar-refractivity contribution >= 4 is 5.91 Å². The molecule has 0 aromatic carbocycles. The van der Waals surface area contributed by atoms with E-state index in [0.717, 1.165) is 19.5 Å². The number of nitrogens with two attached hydrogens (primary N) is 1. The molecule has 1 rings (SSSR count). The van der Waals surface area contributed by atoms with Crippen LogP contribution in [0.2, 0.25) is 0 Å². The number of piperidine rings is 1. The maximum atomic E-state index is 10.9. The first-order valence-electron chi connectivity index (χ1n) is 4.85. The van der Waals surface area contributed by atoms with E-state index in [-0.39, 0.29) is 11.8 Å². The maximum absolute atomic E-state index is 10.9. The normalized spacial score (nSPS) is 30.3. The molecular weight excluding hydrogens is 168 g/mol. The Balaban J connectivity index is 2.42. The van der Waals surface area contributed by atoms with Gasteiger partial charge < -0.3 is 15.7 Å². The second-order valence-electron chi connectivity index (χ2n) is 3.67. The summed E-state index contributed by atoms with van der Waals surface area (Å²) in [7, 11) is 0. The molecule has 1 amide bonds. The Morgan fingerprint density at radius 2 is 2.38 bits per heavy atom. The van der Waals surface area contributed by atoms with Crippen molar-refractivity contribution in [1.82, 2.24) is 4.90 Å². The zero-order valence-electron chi connectivity index (χ0n) is 8.07. The van der Waals surface area contributed by atoms with Gasteiger partial charge in [-0.1, -0.05) is 6.92 Å². The number of hydrogen-bond donors (Lipinski definition) is 2. The first-order chi connectivity index (χ1) is 6.15. The summed E-state index contributed by atoms with van der Waals surface area (Å²) in [6.07, 6.45) is 1.20. The van der Waals surface area contributed by atoms with Crippen molar-refractivity contribution in [2.45, 2.75) is 25.9 Å². The average molecular weight is 186 g/mol. The smallest absolute Gasteiger partial charge is 0.223 e. The number of likely N-dealkylation sites (tertiary alicyclic amines) is 1. The minimum atomic E-state index is -0.571. The molecule has 4 nitrogen and oxygen atoms in total. The first kappa shape index (κ1) is 10.5. The van der Waals surface area contributed by atoms with Gasteiger partial charge in [-0.15, -0.1) is 0 Å². The van der Waals surface area contributed by atoms with Crippen molar-refractivity contribution in [2.75, 3.05) is 19.6 Å². The number of amides is 1. The van der Waals surface area contributed by atoms with Crippen molar-refractivity contribution in [3.05, 3.63) is 0 Å². The van der Waals surface area contributed by atoms with Crippen molar-refractivity contribution < 1.29 is 9.90 Å². The number of hydrogen-bond acceptors (Lipinski definition) is 3. The fraction of sp³-hybridized carbons (Fsp3) is 0.889. The molecule has 0 bridgehead atoms. The monoisotopic (exact) mass is 186 g/mol. The maximum Gasteiger partial charge on any atom is 0.223 e. The largest absolute Gasteiger partial charge is 0.391 e. The molecule has 13 heavy (non-hydrogen) atoms. The van der Waals surface area contributed by atoms with Crippen LogP contribution < -0.4 is 5.73 Å². The lowest BCUT2D eigenvalue weighted by Crippen LogP contribution is -2.48. The van der Waals surface area contributed by atoms with E-state index in [4.69, 9.17) is 5.73 Å². The third kappa shape index (κ3) is 2.67. The highest BCUT2D eigenvalue weighted by Gasteiger charge is 2.30. The van der Waals surface area contributed by atoms with Crippen molar-refractivity contribution in [2.24, 2.45) is 11.7 Å². The third-order valence-electron chi connectivity index (χ3n) is 2.57. The lowest BCUT2D eigenvalue weighted by Gasteiger charge is -2.34. The second-order valence-corrected chi connectivity index (χ2v) is 3.67. The molecule has 0 radical (unpaired) electrons. The quantitative estimate of drug-likeness (QED) is 0.628. The lowest BCUT2D eigenvalue weighted by molar-refractivity contribution is -0.128. The summed E-state index contributed by atoms with van der Waals surface area (Å²) in [4.78, 5) is 13.0. The molecule has 0 spiro atoms. The molecule has 1 heterocycles. The van der Waals surface area contributed by atoms with E-state index in [2.05, 4.69) is 11.8 Å². The van der Waals surface area contributed by atoms with Crippen LogP contribution in [0, 0.1) is 5.92 Å². The van der Waals surface area contributed by atoms with Gasteiger partial charge in [-0.25, -0.2) is 0 Å². The highest BCUT2D eigenvalue weighted by molar-refractivity contribution is 5.77. The number of aliphatic hydroxyl groups is 1. The predicted molar refractivity (Wildman–Crippen MR) is 50.0 cm³/mol. The number of aliphatic hydroxyl groups excluding tert-OH is 1. The van der Waals surface area contributed by atoms with Crippen LogP contribution in [0.5, 0.6) is 0 Å². The van der Waals surface area contributed by atoms with Crippen LogP contribution >= 0.6 is 0 Å². The van der Waals surface area contributed by atoms with E-state index < -0.39 is 6.10 Å². The number of primary amides is 1. The molecule has 1 aliphatic rings. The number of nitrogens with zero attached hydrogens (tertiary/aromatic N) is 1. The fourth-order valence-corrected chi connectivity index (χ4v) is 1.85. The summed E-state index contributed by atoms with van der Waals surface area (Å²) in [6, 6.07) is 0. The Hall–Kier alpha value is -0.610. The van der Waals surface area contributed by atoms with E-state index in [1.54, 1.807) is 0 Å². The predicted octanol–water partition coefficient (Wildman–Crippen LogP) is -0.435. The zero-order valence-corrected chi connectivity index (χ0v) is 8.07. The summed E-state index contributed by atoms with van der Waals surface area (Å²) in [5.41, 5.74) is 5.16. The Morgan fingerprint density at radius 1 is 1.69 bits per heavy atom. The summed E-state index contributed by atoms with van der Waals surface area (Å²) >= 11 is 0. The van der Waals surface area contributed by atoms with E-state index in [1.165, 1.54) is 0 Å². The Kier molecular flexibility index (Phi) is 3.69. The van der Waals surface area contributed by atoms with E-state index in [9.17, 15) is 9.90 Å². The van der Waals surface area contributed by atoms with Gasteiger partial charge in [-0.3, -0.25) is 4.79 Å². The minimum Gasteiger partial charge on any atom is -0.391 e. The van der Waals surface area contributed by atoms with Gasteiger partial charge in [0.05, 0.1) is 12.0 Å². The number of β-amino-alcohol motifs (C(OH)–C–C–N with tert-alkyl or cyclic N) is 1. The number of rotatable bonds is 3. The molecule has 1 aliphatic heterocycles. The van der Waals surface area contributed by atoms with Crippen molar-refractivity contribution in [3.63, 3.8) is 0 Å². The van der Waals surface area contributed by atoms with Gasteiger partial charge >= 0.3 is 0 Å². The highest BCUT2D eigenvalue weighted by atomic mass is 16.3. The summed E-state index contributed by atoms with van der Waals surface area (Å²) in [6.45, 7) is 4.55. The lowest BCUT2D eigenvalue weighted by atomic mass is 9.93. The Bertz CT molecular complexity index is 184. The minimum absolute atomic E-state index is 0.340. The molecule has 1 saturated heterocycles. The molecule has 2 unspecified atom stereocenters. The van der Waals surface area contributed by atoms with Gasteiger partial charge in [0.15, 0.2) is 0 Å². The van der Waals surface area contributed by atoms with Crippen LogP contribution in [-0.2, 0) is 4.79 Å². The Morgan fingerprint density at radius 3 is 2.85 bits per heavy atom. The molecule has 1 fully saturated rings. The van der Waals surface area contributed by atoms with Gasteiger partial charge in [0.1, 0.15) is 0 Å². The van der Waals surface area contributed by atoms with E-state index in [1.807, 2.05) is 0 Å². The second kappa shape index (κ2) is 4.58. The highest BCUT2D eigenvalue weighted by Crippen LogP contribution is 2.17. The van der Waals surface area contributed by atoms with Crippen LogP contribution in [0.15, 0.2) is 0 Å². The van der Waals surface area contributed by atoms with Crippen LogP contribution in [0.1, 0.15) is 19.8 Å². The number of carbonyl (C=O) groups is 1. The van der Waals surface area contributed by atoms with Gasteiger partial charge in [0, 0.05) is 6.54 Å². The Labute approximate surface area is 78.7 Å². The van der Waals surface area contributed by atoms with Crippen LogP contribution in [0.3, 0.4) is 0 Å². The van der Waals surface area contributed by atoms with Crippen molar-refractivity contribution in [3.8, 4) is 0 Å². The summed E-state index contributed by atoms with van der Waals surface area (Å²) < 4.78 is 0. The molecule has 3 N–H and O–H groups in total. The van der Waals surface area contributed by atoms with Gasteiger partial charge in [-0.2, -0.15) is 0 Å². The van der Waals surface area contributed by atoms with Crippen LogP contribution in [0.25, 0.3) is 0 Å². The SMILES string of the molecule is CCCN1CCC(C(N)=O)C(O)C1. The molecular formula is C9H18N2O2. The molecule has 2 atom stereocenters. The van der Waals surface area contributed by atoms with Gasteiger partial charge in [0.25, 0.3) is 0 Å². The van der Waals surface area contributed by atoms with Gasteiger partial charge in [0.2, 0.25) is 5.91 Å². The molecule has 76 valence electrons. The standard InChI is InChI=1S/C9H18N2O2/c1-2-4-11-5-3-7(9(10)13)8(12)6-11/h7-8,12H,2-6H2,1H3,(H2,10,13). The topological polar surface area (TPSA) is 66.6 Å². The summed E-state index contributed by atoms with van der Waals surface area (Å²) in [5, 5.41) is 9.59. The van der Waals surface area contributed by atoms with E-state index >= 15 is 0 Å². The average Bonchev–Trinajstić information content (AvgIpc) is 2.04.